The summed E-state index contributed by atoms with van der Waals surface area (Å²) in [7, 11) is 5.38. The largest absolute Gasteiger partial charge is 0.356 e. The lowest BCUT2D eigenvalue weighted by Gasteiger charge is -2.10. The second-order valence-electron chi connectivity index (χ2n) is 4.64. The molecule has 1 heterocycles. The summed E-state index contributed by atoms with van der Waals surface area (Å²) in [5, 5.41) is 3.82. The van der Waals surface area contributed by atoms with Crippen LogP contribution < -0.4 is 10.7 Å². The van der Waals surface area contributed by atoms with Crippen molar-refractivity contribution < 1.29 is 14.4 Å². The Hall–Kier alpha value is -1.63. The van der Waals surface area contributed by atoms with Crippen molar-refractivity contribution in [1.82, 2.24) is 20.7 Å². The van der Waals surface area contributed by atoms with Crippen LogP contribution in [0.1, 0.15) is 12.8 Å². The van der Waals surface area contributed by atoms with Gasteiger partial charge in [0.05, 0.1) is 0 Å². The Morgan fingerprint density at radius 1 is 1.44 bits per heavy atom. The van der Waals surface area contributed by atoms with Crippen molar-refractivity contribution in [3.05, 3.63) is 0 Å². The van der Waals surface area contributed by atoms with Crippen LogP contribution in [-0.4, -0.2) is 61.9 Å². The third kappa shape index (κ3) is 3.99. The first-order chi connectivity index (χ1) is 8.41. The average molecular weight is 256 g/mol. The van der Waals surface area contributed by atoms with Gasteiger partial charge in [-0.3, -0.25) is 24.8 Å². The number of hydrogen-bond acceptors (Lipinski definition) is 4. The van der Waals surface area contributed by atoms with Crippen molar-refractivity contribution in [2.45, 2.75) is 12.8 Å². The van der Waals surface area contributed by atoms with Gasteiger partial charge >= 0.3 is 0 Å². The first-order valence-electron chi connectivity index (χ1n) is 5.91. The van der Waals surface area contributed by atoms with Crippen molar-refractivity contribution in [2.24, 2.45) is 5.92 Å². The van der Waals surface area contributed by atoms with Crippen molar-refractivity contribution in [3.63, 3.8) is 0 Å². The maximum Gasteiger partial charge on any atom is 0.253 e. The van der Waals surface area contributed by atoms with Crippen LogP contribution in [0.5, 0.6) is 0 Å². The van der Waals surface area contributed by atoms with Crippen molar-refractivity contribution >= 4 is 17.7 Å². The minimum Gasteiger partial charge on any atom is -0.356 e. The molecule has 0 aromatic heterocycles. The summed E-state index contributed by atoms with van der Waals surface area (Å²) in [5.74, 6) is -1.92. The number of rotatable bonds is 6. The van der Waals surface area contributed by atoms with Crippen molar-refractivity contribution in [1.29, 1.82) is 0 Å². The van der Waals surface area contributed by atoms with Gasteiger partial charge in [0.1, 0.15) is 5.92 Å². The normalized spacial score (nSPS) is 19.3. The molecule has 0 aliphatic carbocycles. The van der Waals surface area contributed by atoms with E-state index in [0.29, 0.717) is 6.54 Å². The maximum absolute atomic E-state index is 11.6. The first-order valence-corrected chi connectivity index (χ1v) is 5.91. The average Bonchev–Trinajstić information content (AvgIpc) is 2.51. The molecule has 3 amide bonds. The van der Waals surface area contributed by atoms with Gasteiger partial charge in [0.25, 0.3) is 11.8 Å². The number of hydrogen-bond donors (Lipinski definition) is 2. The first kappa shape index (κ1) is 14.4. The number of carbonyl (C=O) groups is 3. The van der Waals surface area contributed by atoms with E-state index in [1.54, 1.807) is 0 Å². The second kappa shape index (κ2) is 6.34. The molecule has 0 radical (unpaired) electrons. The Bertz CT molecular complexity index is 343. The fourth-order valence-electron chi connectivity index (χ4n) is 1.70. The van der Waals surface area contributed by atoms with Gasteiger partial charge in [-0.15, -0.1) is 0 Å². The van der Waals surface area contributed by atoms with Crippen LogP contribution in [0.2, 0.25) is 0 Å². The Kier molecular flexibility index (Phi) is 5.08. The fourth-order valence-corrected chi connectivity index (χ4v) is 1.70. The van der Waals surface area contributed by atoms with Gasteiger partial charge in [0.2, 0.25) is 5.91 Å². The smallest absolute Gasteiger partial charge is 0.253 e. The molecule has 0 aromatic rings. The topological polar surface area (TPSA) is 81.8 Å². The van der Waals surface area contributed by atoms with Gasteiger partial charge in [-0.05, 0) is 27.1 Å². The number of hydrazine groups is 1. The lowest BCUT2D eigenvalue weighted by Crippen LogP contribution is -2.32. The molecule has 1 unspecified atom stereocenters. The molecule has 1 aliphatic heterocycles. The van der Waals surface area contributed by atoms with Crippen molar-refractivity contribution in [3.8, 4) is 0 Å². The van der Waals surface area contributed by atoms with Crippen LogP contribution in [0.25, 0.3) is 0 Å². The number of nitrogens with one attached hydrogen (secondary N) is 2. The molecule has 1 aliphatic rings. The maximum atomic E-state index is 11.6. The monoisotopic (exact) mass is 256 g/mol. The van der Waals surface area contributed by atoms with E-state index in [2.05, 4.69) is 10.7 Å². The molecular formula is C11H20N4O3. The molecule has 0 saturated carbocycles. The molecule has 7 nitrogen and oxygen atoms in total. The van der Waals surface area contributed by atoms with E-state index < -0.39 is 11.8 Å². The lowest BCUT2D eigenvalue weighted by atomic mass is 10.1. The van der Waals surface area contributed by atoms with E-state index in [1.807, 2.05) is 19.0 Å². The van der Waals surface area contributed by atoms with Gasteiger partial charge in [-0.1, -0.05) is 0 Å². The predicted molar refractivity (Wildman–Crippen MR) is 65.2 cm³/mol. The van der Waals surface area contributed by atoms with Crippen LogP contribution >= 0.6 is 0 Å². The molecule has 1 saturated heterocycles. The highest BCUT2D eigenvalue weighted by Crippen LogP contribution is 2.12. The Balaban J connectivity index is 2.28. The minimum atomic E-state index is -0.885. The Morgan fingerprint density at radius 2 is 2.11 bits per heavy atom. The van der Waals surface area contributed by atoms with Crippen LogP contribution in [-0.2, 0) is 14.4 Å². The molecule has 1 fully saturated rings. The highest BCUT2D eigenvalue weighted by molar-refractivity contribution is 6.07. The van der Waals surface area contributed by atoms with E-state index in [-0.39, 0.29) is 18.2 Å². The standard InChI is InChI=1S/C11H20N4O3/c1-14(2)6-4-5-12-9(16)7-8-10(17)13-15(3)11(8)18/h8H,4-7H2,1-3H3,(H,12,16)(H,13,17). The summed E-state index contributed by atoms with van der Waals surface area (Å²) in [6.45, 7) is 1.43. The van der Waals surface area contributed by atoms with Gasteiger partial charge in [0.15, 0.2) is 0 Å². The lowest BCUT2D eigenvalue weighted by molar-refractivity contribution is -0.135. The van der Waals surface area contributed by atoms with Gasteiger partial charge < -0.3 is 10.2 Å². The summed E-state index contributed by atoms with van der Waals surface area (Å²) in [4.78, 5) is 36.5. The summed E-state index contributed by atoms with van der Waals surface area (Å²) < 4.78 is 0. The SMILES string of the molecule is CN(C)CCCNC(=O)CC1C(=O)NN(C)C1=O. The molecular weight excluding hydrogens is 236 g/mol. The van der Waals surface area contributed by atoms with E-state index >= 15 is 0 Å². The molecule has 7 heteroatoms. The van der Waals surface area contributed by atoms with E-state index in [0.717, 1.165) is 18.0 Å². The molecule has 0 spiro atoms. The minimum absolute atomic E-state index is 0.0863. The zero-order chi connectivity index (χ0) is 13.7. The zero-order valence-corrected chi connectivity index (χ0v) is 11.0. The van der Waals surface area contributed by atoms with Gasteiger partial charge in [-0.25, -0.2) is 0 Å². The van der Waals surface area contributed by atoms with E-state index in [9.17, 15) is 14.4 Å². The van der Waals surface area contributed by atoms with Crippen LogP contribution in [0.3, 0.4) is 0 Å². The van der Waals surface area contributed by atoms with E-state index in [1.165, 1.54) is 7.05 Å². The summed E-state index contributed by atoms with van der Waals surface area (Å²) in [6.07, 6.45) is 0.750. The molecule has 1 atom stereocenters. The third-order valence-corrected chi connectivity index (χ3v) is 2.72. The number of amides is 3. The molecule has 1 rings (SSSR count). The molecule has 0 bridgehead atoms. The van der Waals surface area contributed by atoms with E-state index in [4.69, 9.17) is 0 Å². The number of carbonyl (C=O) groups excluding carboxylic acids is 3. The Morgan fingerprint density at radius 3 is 2.61 bits per heavy atom. The molecule has 18 heavy (non-hydrogen) atoms. The Labute approximate surface area is 106 Å². The molecule has 102 valence electrons. The zero-order valence-electron chi connectivity index (χ0n) is 11.0. The molecule has 0 aromatic carbocycles. The van der Waals surface area contributed by atoms with Crippen molar-refractivity contribution in [2.75, 3.05) is 34.2 Å². The highest BCUT2D eigenvalue weighted by Gasteiger charge is 2.38. The predicted octanol–water partition coefficient (Wildman–Crippen LogP) is -1.44. The van der Waals surface area contributed by atoms with Gasteiger partial charge in [0, 0.05) is 20.0 Å². The fraction of sp³-hybridized carbons (Fsp3) is 0.727. The summed E-state index contributed by atoms with van der Waals surface area (Å²) >= 11 is 0. The third-order valence-electron chi connectivity index (χ3n) is 2.72. The summed E-state index contributed by atoms with van der Waals surface area (Å²) in [5.41, 5.74) is 2.36. The molecule has 2 N–H and O–H groups in total. The van der Waals surface area contributed by atoms with Crippen LogP contribution in [0.15, 0.2) is 0 Å². The van der Waals surface area contributed by atoms with Crippen LogP contribution in [0.4, 0.5) is 0 Å². The second-order valence-corrected chi connectivity index (χ2v) is 4.64. The highest BCUT2D eigenvalue weighted by atomic mass is 16.2. The van der Waals surface area contributed by atoms with Crippen LogP contribution in [0, 0.1) is 5.92 Å². The van der Waals surface area contributed by atoms with Gasteiger partial charge in [-0.2, -0.15) is 0 Å². The quantitative estimate of drug-likeness (QED) is 0.451. The summed E-state index contributed by atoms with van der Waals surface area (Å²) in [6, 6.07) is 0. The number of nitrogens with zero attached hydrogens (tertiary/aromatic N) is 2.